The van der Waals surface area contributed by atoms with Gasteiger partial charge >= 0.3 is 5.97 Å². The Labute approximate surface area is 126 Å². The minimum atomic E-state index is -0.796. The first-order valence-corrected chi connectivity index (χ1v) is 7.54. The molecule has 0 atom stereocenters. The van der Waals surface area contributed by atoms with Gasteiger partial charge in [0.15, 0.2) is 0 Å². The van der Waals surface area contributed by atoms with Crippen LogP contribution in [0.15, 0.2) is 22.7 Å². The van der Waals surface area contributed by atoms with Crippen molar-refractivity contribution in [2.75, 3.05) is 5.32 Å². The van der Waals surface area contributed by atoms with Gasteiger partial charge in [0.1, 0.15) is 6.07 Å². The summed E-state index contributed by atoms with van der Waals surface area (Å²) in [6, 6.07) is 7.60. The van der Waals surface area contributed by atoms with Crippen molar-refractivity contribution in [1.29, 1.82) is 5.26 Å². The van der Waals surface area contributed by atoms with Gasteiger partial charge in [-0.15, -0.1) is 0 Å². The maximum atomic E-state index is 11.2. The molecule has 1 saturated carbocycles. The Kier molecular flexibility index (Phi) is 4.66. The monoisotopic (exact) mass is 336 g/mol. The van der Waals surface area contributed by atoms with Gasteiger partial charge in [0, 0.05) is 10.0 Å². The fraction of sp³-hybridized carbons (Fsp3) is 0.467. The number of halogens is 1. The van der Waals surface area contributed by atoms with Gasteiger partial charge in [-0.1, -0.05) is 35.2 Å². The number of aliphatic carboxylic acids is 1. The zero-order chi connectivity index (χ0) is 14.6. The van der Waals surface area contributed by atoms with Crippen LogP contribution in [0.5, 0.6) is 0 Å². The SMILES string of the molecule is N#Cc1cc(Br)ccc1NC1(CC(=O)O)CCCCC1. The Balaban J connectivity index is 2.28. The van der Waals surface area contributed by atoms with Gasteiger partial charge in [-0.05, 0) is 31.0 Å². The van der Waals surface area contributed by atoms with Crippen molar-refractivity contribution in [3.63, 3.8) is 0 Å². The number of nitrogens with one attached hydrogen (secondary N) is 1. The second-order valence-corrected chi connectivity index (χ2v) is 6.25. The van der Waals surface area contributed by atoms with E-state index in [1.54, 1.807) is 6.07 Å². The van der Waals surface area contributed by atoms with E-state index in [1.807, 2.05) is 12.1 Å². The summed E-state index contributed by atoms with van der Waals surface area (Å²) in [5.74, 6) is -0.796. The van der Waals surface area contributed by atoms with Crippen LogP contribution in [0.1, 0.15) is 44.1 Å². The normalized spacial score (nSPS) is 17.2. The van der Waals surface area contributed by atoms with Gasteiger partial charge in [-0.25, -0.2) is 0 Å². The van der Waals surface area contributed by atoms with Gasteiger partial charge in [-0.3, -0.25) is 4.79 Å². The van der Waals surface area contributed by atoms with Crippen molar-refractivity contribution >= 4 is 27.6 Å². The third-order valence-corrected chi connectivity index (χ3v) is 4.30. The molecule has 1 aromatic rings. The van der Waals surface area contributed by atoms with Gasteiger partial charge in [0.25, 0.3) is 0 Å². The molecule has 106 valence electrons. The predicted octanol–water partition coefficient (Wildman–Crippen LogP) is 3.91. The third-order valence-electron chi connectivity index (χ3n) is 3.80. The summed E-state index contributed by atoms with van der Waals surface area (Å²) < 4.78 is 0.843. The highest BCUT2D eigenvalue weighted by atomic mass is 79.9. The number of anilines is 1. The number of rotatable bonds is 4. The quantitative estimate of drug-likeness (QED) is 0.874. The number of carboxylic acids is 1. The van der Waals surface area contributed by atoms with Gasteiger partial charge < -0.3 is 10.4 Å². The summed E-state index contributed by atoms with van der Waals surface area (Å²) in [5.41, 5.74) is 0.831. The fourth-order valence-corrected chi connectivity index (χ4v) is 3.23. The standard InChI is InChI=1S/C15H17BrN2O2/c16-12-4-5-13(11(8-12)10-17)18-15(9-14(19)20)6-2-1-3-7-15/h4-5,8,18H,1-3,6-7,9H2,(H,19,20). The highest BCUT2D eigenvalue weighted by molar-refractivity contribution is 9.10. The zero-order valence-electron chi connectivity index (χ0n) is 11.2. The first kappa shape index (κ1) is 14.9. The van der Waals surface area contributed by atoms with Crippen LogP contribution in [0.25, 0.3) is 0 Å². The van der Waals surface area contributed by atoms with Crippen LogP contribution in [-0.4, -0.2) is 16.6 Å². The molecule has 0 heterocycles. The lowest BCUT2D eigenvalue weighted by atomic mass is 9.79. The largest absolute Gasteiger partial charge is 0.481 e. The molecule has 2 N–H and O–H groups in total. The molecule has 0 aromatic heterocycles. The molecule has 1 fully saturated rings. The molecule has 0 unspecified atom stereocenters. The third kappa shape index (κ3) is 3.51. The van der Waals surface area contributed by atoms with Crippen molar-refractivity contribution in [2.45, 2.75) is 44.1 Å². The summed E-state index contributed by atoms with van der Waals surface area (Å²) >= 11 is 3.34. The van der Waals surface area contributed by atoms with Crippen LogP contribution in [0, 0.1) is 11.3 Å². The van der Waals surface area contributed by atoms with Crippen molar-refractivity contribution < 1.29 is 9.90 Å². The van der Waals surface area contributed by atoms with E-state index in [9.17, 15) is 10.1 Å². The Morgan fingerprint density at radius 3 is 2.70 bits per heavy atom. The Morgan fingerprint density at radius 1 is 1.40 bits per heavy atom. The summed E-state index contributed by atoms with van der Waals surface area (Å²) in [4.78, 5) is 11.2. The molecular weight excluding hydrogens is 320 g/mol. The van der Waals surface area contributed by atoms with Gasteiger partial charge in [0.05, 0.1) is 17.7 Å². The van der Waals surface area contributed by atoms with E-state index < -0.39 is 11.5 Å². The predicted molar refractivity (Wildman–Crippen MR) is 80.5 cm³/mol. The molecule has 0 bridgehead atoms. The molecule has 0 saturated heterocycles. The molecule has 1 aromatic carbocycles. The Bertz CT molecular complexity index is 545. The summed E-state index contributed by atoms with van der Waals surface area (Å²) in [6.45, 7) is 0. The molecule has 2 rings (SSSR count). The van der Waals surface area contributed by atoms with Crippen LogP contribution in [0.2, 0.25) is 0 Å². The first-order chi connectivity index (χ1) is 9.54. The molecule has 5 heteroatoms. The van der Waals surface area contributed by atoms with Gasteiger partial charge in [-0.2, -0.15) is 5.26 Å². The molecule has 1 aliphatic rings. The molecule has 1 aliphatic carbocycles. The maximum absolute atomic E-state index is 11.2. The lowest BCUT2D eigenvalue weighted by Crippen LogP contribution is -2.42. The zero-order valence-corrected chi connectivity index (χ0v) is 12.7. The highest BCUT2D eigenvalue weighted by Crippen LogP contribution is 2.35. The van der Waals surface area contributed by atoms with E-state index in [4.69, 9.17) is 5.11 Å². The lowest BCUT2D eigenvalue weighted by molar-refractivity contribution is -0.138. The number of carboxylic acid groups (broad SMARTS) is 1. The number of hydrogen-bond acceptors (Lipinski definition) is 3. The van der Waals surface area contributed by atoms with E-state index in [-0.39, 0.29) is 6.42 Å². The van der Waals surface area contributed by atoms with E-state index in [2.05, 4.69) is 27.3 Å². The van der Waals surface area contributed by atoms with Crippen LogP contribution in [-0.2, 0) is 4.79 Å². The topological polar surface area (TPSA) is 73.1 Å². The van der Waals surface area contributed by atoms with Crippen LogP contribution >= 0.6 is 15.9 Å². The molecule has 0 amide bonds. The second-order valence-electron chi connectivity index (χ2n) is 5.34. The van der Waals surface area contributed by atoms with Crippen molar-refractivity contribution in [1.82, 2.24) is 0 Å². The van der Waals surface area contributed by atoms with Crippen LogP contribution in [0.4, 0.5) is 5.69 Å². The van der Waals surface area contributed by atoms with Crippen LogP contribution in [0.3, 0.4) is 0 Å². The molecule has 0 spiro atoms. The maximum Gasteiger partial charge on any atom is 0.305 e. The number of nitriles is 1. The Morgan fingerprint density at radius 2 is 2.10 bits per heavy atom. The molecular formula is C15H17BrN2O2. The summed E-state index contributed by atoms with van der Waals surface area (Å²) in [6.07, 6.45) is 4.96. The number of hydrogen-bond donors (Lipinski definition) is 2. The minimum Gasteiger partial charge on any atom is -0.481 e. The average Bonchev–Trinajstić information content (AvgIpc) is 2.41. The van der Waals surface area contributed by atoms with E-state index in [0.717, 1.165) is 42.3 Å². The van der Waals surface area contributed by atoms with Crippen LogP contribution < -0.4 is 5.32 Å². The number of nitrogens with zero attached hydrogens (tertiary/aromatic N) is 1. The van der Waals surface area contributed by atoms with E-state index >= 15 is 0 Å². The molecule has 20 heavy (non-hydrogen) atoms. The molecule has 4 nitrogen and oxygen atoms in total. The van der Waals surface area contributed by atoms with E-state index in [1.165, 1.54) is 0 Å². The Hall–Kier alpha value is -1.54. The van der Waals surface area contributed by atoms with E-state index in [0.29, 0.717) is 5.56 Å². The number of benzene rings is 1. The van der Waals surface area contributed by atoms with Crippen molar-refractivity contribution in [3.05, 3.63) is 28.2 Å². The average molecular weight is 337 g/mol. The molecule has 0 aliphatic heterocycles. The molecule has 0 radical (unpaired) electrons. The minimum absolute atomic E-state index is 0.0912. The van der Waals surface area contributed by atoms with Crippen molar-refractivity contribution in [2.24, 2.45) is 0 Å². The summed E-state index contributed by atoms with van der Waals surface area (Å²) in [5, 5.41) is 21.7. The second kappa shape index (κ2) is 6.27. The fourth-order valence-electron chi connectivity index (χ4n) is 2.87. The first-order valence-electron chi connectivity index (χ1n) is 6.74. The number of carbonyl (C=O) groups is 1. The lowest BCUT2D eigenvalue weighted by Gasteiger charge is -2.38. The highest BCUT2D eigenvalue weighted by Gasteiger charge is 2.34. The summed E-state index contributed by atoms with van der Waals surface area (Å²) in [7, 11) is 0. The van der Waals surface area contributed by atoms with Crippen molar-refractivity contribution in [3.8, 4) is 6.07 Å². The van der Waals surface area contributed by atoms with Gasteiger partial charge in [0.2, 0.25) is 0 Å². The smallest absolute Gasteiger partial charge is 0.305 e.